The summed E-state index contributed by atoms with van der Waals surface area (Å²) in [5, 5.41) is 14.1. The molecule has 34 heavy (non-hydrogen) atoms. The Bertz CT molecular complexity index is 1210. The van der Waals surface area contributed by atoms with Gasteiger partial charge < -0.3 is 14.8 Å². The van der Waals surface area contributed by atoms with Gasteiger partial charge in [-0.1, -0.05) is 54.2 Å². The first-order valence-corrected chi connectivity index (χ1v) is 11.7. The monoisotopic (exact) mass is 494 g/mol. The van der Waals surface area contributed by atoms with E-state index >= 15 is 0 Å². The van der Waals surface area contributed by atoms with Crippen LogP contribution in [0.5, 0.6) is 5.75 Å². The number of carbonyl (C=O) groups is 2. The lowest BCUT2D eigenvalue weighted by molar-refractivity contribution is -0.138. The lowest BCUT2D eigenvalue weighted by Crippen LogP contribution is -2.29. The average molecular weight is 495 g/mol. The molecule has 8 heteroatoms. The lowest BCUT2D eigenvalue weighted by Gasteiger charge is -2.29. The van der Waals surface area contributed by atoms with E-state index in [4.69, 9.17) is 21.1 Å². The maximum atomic E-state index is 12.9. The Kier molecular flexibility index (Phi) is 8.58. The molecule has 174 valence electrons. The number of nitrogens with zero attached hydrogens (tertiary/aromatic N) is 1. The summed E-state index contributed by atoms with van der Waals surface area (Å²) in [7, 11) is 1.56. The van der Waals surface area contributed by atoms with Gasteiger partial charge in [-0.25, -0.2) is 4.79 Å². The quantitative estimate of drug-likeness (QED) is 0.284. The number of esters is 1. The second-order valence-corrected chi connectivity index (χ2v) is 8.69. The van der Waals surface area contributed by atoms with E-state index < -0.39 is 11.9 Å². The van der Waals surface area contributed by atoms with E-state index in [0.717, 1.165) is 0 Å². The number of ether oxygens (including phenoxy) is 2. The number of ketones is 1. The number of hydrogen-bond donors (Lipinski definition) is 1. The van der Waals surface area contributed by atoms with Crippen LogP contribution in [0.15, 0.2) is 83.1 Å². The number of rotatable bonds is 9. The molecule has 0 aromatic heterocycles. The molecular formula is C26H23ClN2O4S. The minimum Gasteiger partial charge on any atom is -0.497 e. The van der Waals surface area contributed by atoms with Crippen LogP contribution >= 0.6 is 23.4 Å². The Hall–Kier alpha value is -3.47. The van der Waals surface area contributed by atoms with Gasteiger partial charge in [0.05, 0.1) is 41.0 Å². The molecule has 0 bridgehead atoms. The van der Waals surface area contributed by atoms with E-state index in [-0.39, 0.29) is 29.3 Å². The molecule has 2 aromatic rings. The lowest BCUT2D eigenvalue weighted by atomic mass is 9.82. The van der Waals surface area contributed by atoms with Crippen LogP contribution in [0.3, 0.4) is 0 Å². The van der Waals surface area contributed by atoms with Crippen LogP contribution in [0, 0.1) is 11.3 Å². The highest BCUT2D eigenvalue weighted by molar-refractivity contribution is 8.03. The zero-order valence-electron chi connectivity index (χ0n) is 18.8. The third-order valence-electron chi connectivity index (χ3n) is 5.18. The van der Waals surface area contributed by atoms with Crippen molar-refractivity contribution in [1.82, 2.24) is 5.32 Å². The number of dihydropyridines is 1. The highest BCUT2D eigenvalue weighted by atomic mass is 35.5. The van der Waals surface area contributed by atoms with Crippen molar-refractivity contribution in [2.24, 2.45) is 0 Å². The average Bonchev–Trinajstić information content (AvgIpc) is 2.85. The molecule has 0 aliphatic carbocycles. The number of Topliss-reactive ketones (excluding diaryl/α,β-unsaturated/α-hetero) is 1. The Morgan fingerprint density at radius 2 is 1.94 bits per heavy atom. The summed E-state index contributed by atoms with van der Waals surface area (Å²) in [4.78, 5) is 25.7. The highest BCUT2D eigenvalue weighted by Gasteiger charge is 2.36. The third kappa shape index (κ3) is 5.53. The molecule has 0 fully saturated rings. The first kappa shape index (κ1) is 25.2. The normalized spacial score (nSPS) is 15.3. The Morgan fingerprint density at radius 3 is 2.56 bits per heavy atom. The van der Waals surface area contributed by atoms with E-state index in [1.807, 2.05) is 0 Å². The van der Waals surface area contributed by atoms with Gasteiger partial charge in [0, 0.05) is 16.3 Å². The van der Waals surface area contributed by atoms with Crippen LogP contribution < -0.4 is 10.1 Å². The van der Waals surface area contributed by atoms with E-state index in [9.17, 15) is 14.9 Å². The van der Waals surface area contributed by atoms with Gasteiger partial charge >= 0.3 is 5.97 Å². The largest absolute Gasteiger partial charge is 0.497 e. The molecule has 1 N–H and O–H groups in total. The zero-order valence-corrected chi connectivity index (χ0v) is 20.3. The maximum absolute atomic E-state index is 12.9. The summed E-state index contributed by atoms with van der Waals surface area (Å²) in [5.41, 5.74) is 2.24. The van der Waals surface area contributed by atoms with Crippen molar-refractivity contribution in [1.29, 1.82) is 5.26 Å². The summed E-state index contributed by atoms with van der Waals surface area (Å²) in [5.74, 6) is -0.659. The number of methoxy groups -OCH3 is 1. The number of carbonyl (C=O) groups excluding carboxylic acids is 2. The summed E-state index contributed by atoms with van der Waals surface area (Å²) in [6.45, 7) is 5.34. The molecule has 0 amide bonds. The molecule has 6 nitrogen and oxygen atoms in total. The van der Waals surface area contributed by atoms with Crippen molar-refractivity contribution in [3.05, 3.63) is 99.2 Å². The number of nitriles is 1. The number of thioether (sulfide) groups is 1. The molecular weight excluding hydrogens is 472 g/mol. The van der Waals surface area contributed by atoms with Crippen LogP contribution in [0.2, 0.25) is 5.02 Å². The SMILES string of the molecule is C=CCOC(=O)C1=C(C)NC(SCC(=O)c2ccc(OC)cc2)=C(C#N)[C@@H]1c1ccccc1Cl. The predicted octanol–water partition coefficient (Wildman–Crippen LogP) is 5.39. The molecule has 1 heterocycles. The first-order chi connectivity index (χ1) is 16.4. The maximum Gasteiger partial charge on any atom is 0.337 e. The fraction of sp³-hybridized carbons (Fsp3) is 0.192. The van der Waals surface area contributed by atoms with E-state index in [1.54, 1.807) is 62.6 Å². The number of halogens is 1. The predicted molar refractivity (Wildman–Crippen MR) is 134 cm³/mol. The van der Waals surface area contributed by atoms with Gasteiger partial charge in [0.1, 0.15) is 12.4 Å². The number of hydrogen-bond acceptors (Lipinski definition) is 7. The van der Waals surface area contributed by atoms with Crippen molar-refractivity contribution in [2.75, 3.05) is 19.5 Å². The summed E-state index contributed by atoms with van der Waals surface area (Å²) < 4.78 is 10.4. The van der Waals surface area contributed by atoms with Crippen molar-refractivity contribution >= 4 is 35.1 Å². The van der Waals surface area contributed by atoms with Crippen LogP contribution in [-0.2, 0) is 9.53 Å². The van der Waals surface area contributed by atoms with Crippen LogP contribution in [0.25, 0.3) is 0 Å². The highest BCUT2D eigenvalue weighted by Crippen LogP contribution is 2.43. The van der Waals surface area contributed by atoms with Gasteiger partial charge in [0.15, 0.2) is 5.78 Å². The molecule has 3 rings (SSSR count). The van der Waals surface area contributed by atoms with Gasteiger partial charge in [0.2, 0.25) is 0 Å². The minimum absolute atomic E-state index is 0.0361. The summed E-state index contributed by atoms with van der Waals surface area (Å²) >= 11 is 7.67. The fourth-order valence-electron chi connectivity index (χ4n) is 3.53. The molecule has 1 atom stereocenters. The van der Waals surface area contributed by atoms with Gasteiger partial charge in [-0.05, 0) is 42.8 Å². The molecule has 0 saturated carbocycles. The molecule has 0 radical (unpaired) electrons. The topological polar surface area (TPSA) is 88.4 Å². The molecule has 0 unspecified atom stereocenters. The Morgan fingerprint density at radius 1 is 1.24 bits per heavy atom. The molecule has 1 aliphatic rings. The van der Waals surface area contributed by atoms with Crippen LogP contribution in [-0.4, -0.2) is 31.2 Å². The minimum atomic E-state index is -0.740. The number of benzene rings is 2. The van der Waals surface area contributed by atoms with Crippen LogP contribution in [0.1, 0.15) is 28.8 Å². The summed E-state index contributed by atoms with van der Waals surface area (Å²) in [6.07, 6.45) is 1.47. The van der Waals surface area contributed by atoms with E-state index in [0.29, 0.717) is 32.6 Å². The molecule has 1 aliphatic heterocycles. The Balaban J connectivity index is 1.96. The van der Waals surface area contributed by atoms with Gasteiger partial charge in [-0.3, -0.25) is 4.79 Å². The molecule has 0 spiro atoms. The van der Waals surface area contributed by atoms with E-state index in [1.165, 1.54) is 17.8 Å². The van der Waals surface area contributed by atoms with Gasteiger partial charge in [0.25, 0.3) is 0 Å². The van der Waals surface area contributed by atoms with Crippen molar-refractivity contribution in [2.45, 2.75) is 12.8 Å². The van der Waals surface area contributed by atoms with Crippen LogP contribution in [0.4, 0.5) is 0 Å². The van der Waals surface area contributed by atoms with Crippen molar-refractivity contribution in [3.63, 3.8) is 0 Å². The van der Waals surface area contributed by atoms with Crippen molar-refractivity contribution < 1.29 is 19.1 Å². The van der Waals surface area contributed by atoms with Gasteiger partial charge in [-0.2, -0.15) is 5.26 Å². The van der Waals surface area contributed by atoms with Gasteiger partial charge in [-0.15, -0.1) is 0 Å². The van der Waals surface area contributed by atoms with E-state index in [2.05, 4.69) is 18.0 Å². The standard InChI is InChI=1S/C26H23ClN2O4S/c1-4-13-33-26(31)23-16(2)29-25(20(14-28)24(23)19-7-5-6-8-21(19)27)34-15-22(30)17-9-11-18(32-3)12-10-17/h4-12,24,29H,1,13,15H2,2-3H3/t24-/m0/s1. The van der Waals surface area contributed by atoms with Crippen molar-refractivity contribution in [3.8, 4) is 11.8 Å². The fourth-order valence-corrected chi connectivity index (χ4v) is 4.76. The second kappa shape index (κ2) is 11.6. The second-order valence-electron chi connectivity index (χ2n) is 7.30. The number of allylic oxidation sites excluding steroid dienone is 2. The first-order valence-electron chi connectivity index (χ1n) is 10.4. The zero-order chi connectivity index (χ0) is 24.7. The molecule has 0 saturated heterocycles. The smallest absolute Gasteiger partial charge is 0.337 e. The third-order valence-corrected chi connectivity index (χ3v) is 6.54. The summed E-state index contributed by atoms with van der Waals surface area (Å²) in [6, 6.07) is 16.1. The Labute approximate surface area is 207 Å². The molecule has 2 aromatic carbocycles. The number of nitrogens with one attached hydrogen (secondary N) is 1.